The molecule has 7 heterocycles. The normalized spacial score (nSPS) is 18.5. The molecule has 3 saturated heterocycles. The third-order valence-corrected chi connectivity index (χ3v) is 15.6. The van der Waals surface area contributed by atoms with E-state index in [2.05, 4.69) is 30.4 Å². The summed E-state index contributed by atoms with van der Waals surface area (Å²) in [6.07, 6.45) is 7.69. The SMILES string of the molecule is Cc1ncsc1-c1ccc(CNC(=O)[C@@H]2C[C@@H](O)CN2C(=O)[C@@H](NC(=O)CCCCCCCC(=O)N2CCN(c3cccc(-c4cnc5ccc(N6CCC[C@@H]6c6cccc(F)c6)nn45)n3)CC2)C(C)(C)C)cc1. The molecule has 0 aliphatic carbocycles. The highest BCUT2D eigenvalue weighted by Gasteiger charge is 2.44. The molecular formula is C56H68FN11O5S. The predicted molar refractivity (Wildman–Crippen MR) is 285 cm³/mol. The minimum atomic E-state index is -0.882. The number of imidazole rings is 1. The Morgan fingerprint density at radius 3 is 2.36 bits per heavy atom. The van der Waals surface area contributed by atoms with Crippen molar-refractivity contribution in [2.75, 3.05) is 49.1 Å². The fraction of sp³-hybridized carbons (Fsp3) is 0.464. The summed E-state index contributed by atoms with van der Waals surface area (Å²) < 4.78 is 16.0. The second kappa shape index (κ2) is 23.2. The highest BCUT2D eigenvalue weighted by molar-refractivity contribution is 7.13. The molecule has 4 atom stereocenters. The lowest BCUT2D eigenvalue weighted by Crippen LogP contribution is -2.57. The van der Waals surface area contributed by atoms with Crippen LogP contribution in [-0.4, -0.2) is 121 Å². The van der Waals surface area contributed by atoms with E-state index in [-0.39, 0.29) is 61.4 Å². The van der Waals surface area contributed by atoms with Crippen molar-refractivity contribution in [2.45, 2.75) is 123 Å². The lowest BCUT2D eigenvalue weighted by molar-refractivity contribution is -0.144. The predicted octanol–water partition coefficient (Wildman–Crippen LogP) is 7.89. The van der Waals surface area contributed by atoms with Crippen LogP contribution in [0.5, 0.6) is 0 Å². The largest absolute Gasteiger partial charge is 0.391 e. The van der Waals surface area contributed by atoms with Crippen molar-refractivity contribution in [3.05, 3.63) is 113 Å². The number of aryl methyl sites for hydroxylation is 1. The number of aromatic nitrogens is 5. The zero-order chi connectivity index (χ0) is 51.9. The highest BCUT2D eigenvalue weighted by atomic mass is 32.1. The second-order valence-corrected chi connectivity index (χ2v) is 21.8. The molecule has 74 heavy (non-hydrogen) atoms. The first-order valence-electron chi connectivity index (χ1n) is 26.1. The third-order valence-electron chi connectivity index (χ3n) is 14.6. The van der Waals surface area contributed by atoms with E-state index in [0.29, 0.717) is 44.7 Å². The van der Waals surface area contributed by atoms with Crippen LogP contribution in [0.25, 0.3) is 27.5 Å². The molecule has 0 radical (unpaired) electrons. The summed E-state index contributed by atoms with van der Waals surface area (Å²) in [7, 11) is 0. The van der Waals surface area contributed by atoms with E-state index < -0.39 is 23.6 Å². The maximum Gasteiger partial charge on any atom is 0.246 e. The number of benzene rings is 2. The minimum Gasteiger partial charge on any atom is -0.391 e. The number of piperazine rings is 1. The number of carbonyl (C=O) groups is 4. The first kappa shape index (κ1) is 52.1. The van der Waals surface area contributed by atoms with E-state index in [1.807, 2.05) is 103 Å². The highest BCUT2D eigenvalue weighted by Crippen LogP contribution is 2.36. The van der Waals surface area contributed by atoms with Crippen LogP contribution in [0, 0.1) is 18.2 Å². The number of hydrogen-bond donors (Lipinski definition) is 3. The first-order valence-corrected chi connectivity index (χ1v) is 27.0. The van der Waals surface area contributed by atoms with Crippen LogP contribution in [0.2, 0.25) is 0 Å². The Labute approximate surface area is 436 Å². The number of likely N-dealkylation sites (tertiary alicyclic amines) is 1. The summed E-state index contributed by atoms with van der Waals surface area (Å²) in [6, 6.07) is 22.9. The standard InChI is InChI=1S/C56H68FN11O5S/c1-37-52(74-36-60-37)39-22-20-38(21-23-39)33-59-54(72)45-32-42(69)35-67(45)55(73)53(56(2,3)4)62-50(70)18-8-6-5-7-9-19-51(71)65-29-27-64(28-30-65)48-17-11-15-43(61-48)46-34-58-47-24-25-49(63-68(46)47)66-26-12-16-44(66)40-13-10-14-41(57)31-40/h10-11,13-15,17,20-25,31,34,36,42,44-45,53,69H,5-9,12,16,18-19,26-30,32-33,35H2,1-4H3,(H,59,72)(H,62,70)/t42-,44-,45+,53-/m1/s1. The number of aliphatic hydroxyl groups excluding tert-OH is 1. The van der Waals surface area contributed by atoms with Gasteiger partial charge in [0.05, 0.1) is 40.1 Å². The molecule has 390 valence electrons. The molecule has 0 unspecified atom stereocenters. The number of halogens is 1. The molecule has 0 spiro atoms. The number of unbranched alkanes of at least 4 members (excludes halogenated alkanes) is 4. The number of pyridine rings is 1. The number of amides is 4. The van der Waals surface area contributed by atoms with Crippen LogP contribution < -0.4 is 20.4 Å². The fourth-order valence-electron chi connectivity index (χ4n) is 10.5. The van der Waals surface area contributed by atoms with Gasteiger partial charge in [-0.15, -0.1) is 16.4 Å². The van der Waals surface area contributed by atoms with Crippen molar-refractivity contribution >= 4 is 52.2 Å². The molecule has 0 saturated carbocycles. The van der Waals surface area contributed by atoms with Gasteiger partial charge in [0.15, 0.2) is 5.65 Å². The molecule has 16 nitrogen and oxygen atoms in total. The molecule has 2 aromatic carbocycles. The van der Waals surface area contributed by atoms with Gasteiger partial charge >= 0.3 is 0 Å². The van der Waals surface area contributed by atoms with E-state index in [9.17, 15) is 28.7 Å². The minimum absolute atomic E-state index is 0.0152. The molecule has 6 aromatic rings. The Bertz CT molecular complexity index is 2930. The number of rotatable bonds is 18. The number of anilines is 2. The molecule has 18 heteroatoms. The number of nitrogens with zero attached hydrogens (tertiary/aromatic N) is 9. The molecule has 0 bridgehead atoms. The molecule has 3 fully saturated rings. The maximum absolute atomic E-state index is 14.2. The fourth-order valence-corrected chi connectivity index (χ4v) is 11.3. The summed E-state index contributed by atoms with van der Waals surface area (Å²) >= 11 is 1.58. The number of aliphatic hydroxyl groups is 1. The third kappa shape index (κ3) is 12.2. The number of hydrogen-bond acceptors (Lipinski definition) is 12. The van der Waals surface area contributed by atoms with Crippen molar-refractivity contribution in [3.8, 4) is 21.8 Å². The number of β-amino-alcohol motifs (C(OH)–C–C–N with tert-alkyl or cyclic N) is 1. The number of nitrogens with one attached hydrogen (secondary N) is 2. The number of carbonyl (C=O) groups excluding carboxylic acids is 4. The van der Waals surface area contributed by atoms with Crippen molar-refractivity contribution in [2.24, 2.45) is 5.41 Å². The van der Waals surface area contributed by atoms with Crippen LogP contribution in [0.15, 0.2) is 90.6 Å². The van der Waals surface area contributed by atoms with Gasteiger partial charge in [0, 0.05) is 65.1 Å². The van der Waals surface area contributed by atoms with Gasteiger partial charge in [0.25, 0.3) is 0 Å². The zero-order valence-corrected chi connectivity index (χ0v) is 43.7. The van der Waals surface area contributed by atoms with Crippen LogP contribution >= 0.6 is 11.3 Å². The Hall–Kier alpha value is -6.79. The Balaban J connectivity index is 0.686. The molecule has 3 aliphatic heterocycles. The summed E-state index contributed by atoms with van der Waals surface area (Å²) in [5, 5.41) is 21.6. The van der Waals surface area contributed by atoms with Crippen molar-refractivity contribution in [1.82, 2.24) is 45.0 Å². The van der Waals surface area contributed by atoms with Gasteiger partial charge in [-0.3, -0.25) is 19.2 Å². The van der Waals surface area contributed by atoms with Crippen molar-refractivity contribution in [3.63, 3.8) is 0 Å². The lowest BCUT2D eigenvalue weighted by Gasteiger charge is -2.35. The van der Waals surface area contributed by atoms with E-state index in [0.717, 1.165) is 95.4 Å². The smallest absolute Gasteiger partial charge is 0.246 e. The average molecular weight is 1030 g/mol. The van der Waals surface area contributed by atoms with Crippen molar-refractivity contribution in [1.29, 1.82) is 0 Å². The van der Waals surface area contributed by atoms with E-state index >= 15 is 0 Å². The van der Waals surface area contributed by atoms with Crippen LogP contribution in [0.3, 0.4) is 0 Å². The quantitative estimate of drug-likeness (QED) is 0.0713. The van der Waals surface area contributed by atoms with Crippen LogP contribution in [-0.2, 0) is 25.7 Å². The van der Waals surface area contributed by atoms with Gasteiger partial charge in [-0.05, 0) is 91.1 Å². The van der Waals surface area contributed by atoms with Crippen LogP contribution in [0.4, 0.5) is 16.0 Å². The first-order chi connectivity index (χ1) is 35.7. The molecule has 3 aliphatic rings. The van der Waals surface area contributed by atoms with E-state index in [1.54, 1.807) is 29.7 Å². The van der Waals surface area contributed by atoms with E-state index in [1.165, 1.54) is 11.0 Å². The summed E-state index contributed by atoms with van der Waals surface area (Å²) in [4.78, 5) is 77.0. The number of thiazole rings is 1. The average Bonchev–Trinajstić information content (AvgIpc) is 4.24. The molecular weight excluding hydrogens is 958 g/mol. The van der Waals surface area contributed by atoms with Crippen molar-refractivity contribution < 1.29 is 28.7 Å². The molecule has 9 rings (SSSR count). The zero-order valence-electron chi connectivity index (χ0n) is 42.9. The van der Waals surface area contributed by atoms with Gasteiger partial charge in [0.2, 0.25) is 23.6 Å². The van der Waals surface area contributed by atoms with Gasteiger partial charge in [-0.25, -0.2) is 23.9 Å². The summed E-state index contributed by atoms with van der Waals surface area (Å²) in [5.41, 5.74) is 7.29. The Morgan fingerprint density at radius 2 is 1.62 bits per heavy atom. The molecule has 4 amide bonds. The molecule has 3 N–H and O–H groups in total. The van der Waals surface area contributed by atoms with Gasteiger partial charge in [0.1, 0.15) is 35.2 Å². The van der Waals surface area contributed by atoms with Gasteiger partial charge in [-0.2, -0.15) is 0 Å². The summed E-state index contributed by atoms with van der Waals surface area (Å²) in [5.74, 6) is 0.584. The number of fused-ring (bicyclic) bond motifs is 1. The second-order valence-electron chi connectivity index (χ2n) is 21.0. The summed E-state index contributed by atoms with van der Waals surface area (Å²) in [6.45, 7) is 11.3. The monoisotopic (exact) mass is 1030 g/mol. The van der Waals surface area contributed by atoms with Gasteiger partial charge in [-0.1, -0.05) is 82.5 Å². The van der Waals surface area contributed by atoms with E-state index in [4.69, 9.17) is 10.1 Å². The molecule has 4 aromatic heterocycles. The topological polar surface area (TPSA) is 182 Å². The Morgan fingerprint density at radius 1 is 0.865 bits per heavy atom. The van der Waals surface area contributed by atoms with Gasteiger partial charge < -0.3 is 35.3 Å². The van der Waals surface area contributed by atoms with Crippen LogP contribution in [0.1, 0.15) is 108 Å². The lowest BCUT2D eigenvalue weighted by atomic mass is 9.85. The maximum atomic E-state index is 14.2. The Kier molecular flexibility index (Phi) is 16.3.